The molecule has 2 atom stereocenters. The van der Waals surface area contributed by atoms with Gasteiger partial charge in [-0.3, -0.25) is 9.59 Å². The van der Waals surface area contributed by atoms with Gasteiger partial charge in [-0.25, -0.2) is 4.79 Å². The van der Waals surface area contributed by atoms with E-state index in [0.29, 0.717) is 0 Å². The average Bonchev–Trinajstić information content (AvgIpc) is 2.67. The lowest BCUT2D eigenvalue weighted by Crippen LogP contribution is -2.47. The van der Waals surface area contributed by atoms with Crippen LogP contribution in [0.2, 0.25) is 0 Å². The van der Waals surface area contributed by atoms with Crippen molar-refractivity contribution < 1.29 is 37.4 Å². The minimum atomic E-state index is -4.49. The van der Waals surface area contributed by atoms with E-state index in [4.69, 9.17) is 9.84 Å². The lowest BCUT2D eigenvalue weighted by atomic mass is 10.1. The SMILES string of the molecule is CC(C)(C)OC(=O)N[C@@H](CC(=O)O)CN1CC(C(F)(F)F)CC1=O. The summed E-state index contributed by atoms with van der Waals surface area (Å²) < 4.78 is 43.1. The van der Waals surface area contributed by atoms with Crippen LogP contribution < -0.4 is 5.32 Å². The highest BCUT2D eigenvalue weighted by atomic mass is 19.4. The molecule has 0 spiro atoms. The summed E-state index contributed by atoms with van der Waals surface area (Å²) in [4.78, 5) is 35.2. The maximum atomic E-state index is 12.7. The van der Waals surface area contributed by atoms with Crippen molar-refractivity contribution in [2.45, 2.75) is 51.4 Å². The number of carbonyl (C=O) groups excluding carboxylic acids is 2. The molecule has 0 bridgehead atoms. The van der Waals surface area contributed by atoms with E-state index < -0.39 is 61.1 Å². The van der Waals surface area contributed by atoms with Crippen LogP contribution >= 0.6 is 0 Å². The Hall–Kier alpha value is -2.00. The smallest absolute Gasteiger partial charge is 0.407 e. The Morgan fingerprint density at radius 2 is 1.96 bits per heavy atom. The van der Waals surface area contributed by atoms with Crippen LogP contribution in [0.5, 0.6) is 0 Å². The molecule has 2 amide bonds. The van der Waals surface area contributed by atoms with Gasteiger partial charge in [0.2, 0.25) is 5.91 Å². The number of hydrogen-bond donors (Lipinski definition) is 2. The van der Waals surface area contributed by atoms with Gasteiger partial charge in [0.05, 0.1) is 18.4 Å². The first-order valence-electron chi connectivity index (χ1n) is 7.33. The van der Waals surface area contributed by atoms with Crippen LogP contribution in [0.3, 0.4) is 0 Å². The summed E-state index contributed by atoms with van der Waals surface area (Å²) in [7, 11) is 0. The number of carboxylic acid groups (broad SMARTS) is 1. The number of carboxylic acids is 1. The van der Waals surface area contributed by atoms with Crippen LogP contribution in [0.25, 0.3) is 0 Å². The van der Waals surface area contributed by atoms with Crippen molar-refractivity contribution in [2.24, 2.45) is 5.92 Å². The molecule has 0 aromatic rings. The van der Waals surface area contributed by atoms with Crippen molar-refractivity contribution in [1.29, 1.82) is 0 Å². The first kappa shape index (κ1) is 20.0. The summed E-state index contributed by atoms with van der Waals surface area (Å²) in [5.74, 6) is -3.76. The van der Waals surface area contributed by atoms with E-state index in [1.165, 1.54) is 0 Å². The summed E-state index contributed by atoms with van der Waals surface area (Å²) in [5.41, 5.74) is -0.817. The van der Waals surface area contributed by atoms with Gasteiger partial charge in [0.1, 0.15) is 5.60 Å². The van der Waals surface area contributed by atoms with E-state index in [1.54, 1.807) is 20.8 Å². The number of alkyl halides is 3. The standard InChI is InChI=1S/C14H21F3N2O5/c1-13(2,3)24-12(23)18-9(5-11(21)22)7-19-6-8(4-10(19)20)14(15,16)17/h8-9H,4-7H2,1-3H3,(H,18,23)(H,21,22)/t8?,9-/m0/s1. The fourth-order valence-corrected chi connectivity index (χ4v) is 2.28. The van der Waals surface area contributed by atoms with Gasteiger partial charge in [-0.1, -0.05) is 0 Å². The summed E-state index contributed by atoms with van der Waals surface area (Å²) in [6, 6.07) is -1.05. The summed E-state index contributed by atoms with van der Waals surface area (Å²) in [5, 5.41) is 11.2. The third kappa shape index (κ3) is 6.63. The molecule has 1 aliphatic heterocycles. The van der Waals surface area contributed by atoms with Gasteiger partial charge < -0.3 is 20.1 Å². The first-order chi connectivity index (χ1) is 10.8. The van der Waals surface area contributed by atoms with Crippen molar-refractivity contribution in [3.8, 4) is 0 Å². The van der Waals surface area contributed by atoms with E-state index in [-0.39, 0.29) is 6.54 Å². The lowest BCUT2D eigenvalue weighted by molar-refractivity contribution is -0.171. The Morgan fingerprint density at radius 3 is 2.38 bits per heavy atom. The van der Waals surface area contributed by atoms with Crippen LogP contribution in [0.4, 0.5) is 18.0 Å². The zero-order valence-electron chi connectivity index (χ0n) is 13.6. The van der Waals surface area contributed by atoms with Crippen LogP contribution in [0.1, 0.15) is 33.6 Å². The fraction of sp³-hybridized carbons (Fsp3) is 0.786. The van der Waals surface area contributed by atoms with E-state index in [2.05, 4.69) is 5.32 Å². The highest BCUT2D eigenvalue weighted by Gasteiger charge is 2.47. The molecule has 0 aromatic carbocycles. The molecule has 0 aromatic heterocycles. The van der Waals surface area contributed by atoms with Gasteiger partial charge in [0, 0.05) is 19.5 Å². The van der Waals surface area contributed by atoms with Crippen molar-refractivity contribution >= 4 is 18.0 Å². The van der Waals surface area contributed by atoms with Crippen molar-refractivity contribution in [3.63, 3.8) is 0 Å². The molecule has 1 aliphatic rings. The zero-order chi connectivity index (χ0) is 18.7. The molecule has 24 heavy (non-hydrogen) atoms. The Kier molecular flexibility index (Phi) is 6.07. The minimum absolute atomic E-state index is 0.322. The van der Waals surface area contributed by atoms with Crippen LogP contribution in [0, 0.1) is 5.92 Å². The molecule has 1 heterocycles. The molecule has 2 N–H and O–H groups in total. The second kappa shape index (κ2) is 7.27. The summed E-state index contributed by atoms with van der Waals surface area (Å²) in [6.45, 7) is 3.95. The first-order valence-corrected chi connectivity index (χ1v) is 7.33. The number of aliphatic carboxylic acids is 1. The number of amides is 2. The van der Waals surface area contributed by atoms with Gasteiger partial charge in [0.15, 0.2) is 0 Å². The maximum Gasteiger partial charge on any atom is 0.407 e. The van der Waals surface area contributed by atoms with E-state index >= 15 is 0 Å². The number of hydrogen-bond acceptors (Lipinski definition) is 4. The van der Waals surface area contributed by atoms with Crippen molar-refractivity contribution in [2.75, 3.05) is 13.1 Å². The van der Waals surface area contributed by atoms with E-state index in [0.717, 1.165) is 4.90 Å². The highest BCUT2D eigenvalue weighted by Crippen LogP contribution is 2.34. The van der Waals surface area contributed by atoms with Crippen LogP contribution in [0.15, 0.2) is 0 Å². The van der Waals surface area contributed by atoms with Crippen molar-refractivity contribution in [3.05, 3.63) is 0 Å². The predicted molar refractivity (Wildman–Crippen MR) is 76.2 cm³/mol. The van der Waals surface area contributed by atoms with Crippen molar-refractivity contribution in [1.82, 2.24) is 10.2 Å². The Morgan fingerprint density at radius 1 is 1.38 bits per heavy atom. The fourth-order valence-electron chi connectivity index (χ4n) is 2.28. The zero-order valence-corrected chi connectivity index (χ0v) is 13.6. The highest BCUT2D eigenvalue weighted by molar-refractivity contribution is 5.79. The largest absolute Gasteiger partial charge is 0.481 e. The van der Waals surface area contributed by atoms with Crippen LogP contribution in [-0.2, 0) is 14.3 Å². The van der Waals surface area contributed by atoms with Gasteiger partial charge in [-0.15, -0.1) is 0 Å². The number of alkyl carbamates (subject to hydrolysis) is 1. The number of likely N-dealkylation sites (tertiary alicyclic amines) is 1. The quantitative estimate of drug-likeness (QED) is 0.784. The van der Waals surface area contributed by atoms with E-state index in [1.807, 2.05) is 0 Å². The molecule has 0 saturated carbocycles. The predicted octanol–water partition coefficient (Wildman–Crippen LogP) is 1.77. The number of nitrogens with zero attached hydrogens (tertiary/aromatic N) is 1. The molecule has 1 fully saturated rings. The normalized spacial score (nSPS) is 20.0. The second-order valence-electron chi connectivity index (χ2n) is 6.68. The molecule has 1 saturated heterocycles. The Labute approximate surface area is 137 Å². The number of rotatable bonds is 5. The molecule has 1 rings (SSSR count). The third-order valence-corrected chi connectivity index (χ3v) is 3.26. The Bertz CT molecular complexity index is 502. The monoisotopic (exact) mass is 354 g/mol. The number of carbonyl (C=O) groups is 3. The molecule has 10 heteroatoms. The van der Waals surface area contributed by atoms with Crippen LogP contribution in [-0.4, -0.2) is 58.9 Å². The molecule has 138 valence electrons. The second-order valence-corrected chi connectivity index (χ2v) is 6.68. The molecular weight excluding hydrogens is 333 g/mol. The lowest BCUT2D eigenvalue weighted by Gasteiger charge is -2.26. The van der Waals surface area contributed by atoms with Gasteiger partial charge in [-0.05, 0) is 20.8 Å². The molecular formula is C14H21F3N2O5. The average molecular weight is 354 g/mol. The molecule has 0 aliphatic carbocycles. The molecule has 1 unspecified atom stereocenters. The summed E-state index contributed by atoms with van der Waals surface area (Å²) in [6.07, 6.45) is -6.60. The van der Waals surface area contributed by atoms with E-state index in [9.17, 15) is 27.6 Å². The topological polar surface area (TPSA) is 95.9 Å². The summed E-state index contributed by atoms with van der Waals surface area (Å²) >= 11 is 0. The number of nitrogens with one attached hydrogen (secondary N) is 1. The Balaban J connectivity index is 2.71. The van der Waals surface area contributed by atoms with Gasteiger partial charge in [0.25, 0.3) is 0 Å². The van der Waals surface area contributed by atoms with Gasteiger partial charge >= 0.3 is 18.2 Å². The third-order valence-electron chi connectivity index (χ3n) is 3.26. The number of ether oxygens (including phenoxy) is 1. The minimum Gasteiger partial charge on any atom is -0.481 e. The maximum absolute atomic E-state index is 12.7. The van der Waals surface area contributed by atoms with Gasteiger partial charge in [-0.2, -0.15) is 13.2 Å². The molecule has 0 radical (unpaired) electrons. The number of halogens is 3. The molecule has 7 nitrogen and oxygen atoms in total.